The monoisotopic (exact) mass is 521 g/mol. The number of hydrogen-bond donors (Lipinski definition) is 2. The molecule has 1 aromatic heterocycles. The Hall–Kier alpha value is -3.22. The van der Waals surface area contributed by atoms with Gasteiger partial charge in [0.15, 0.2) is 0 Å². The van der Waals surface area contributed by atoms with Crippen LogP contribution in [-0.2, 0) is 28.0 Å². The standard InChI is InChI=1S/C24H30F3N7O3/c1-32-19-4-2-13(6-18(19)30-31-32)9-29-22(36)20-8-16(24(25,26)27)12-34(20)23(37)17(28)3-5-21(35)33-10-14-7-15(14)11-33/h2,4,6,14-17,20H,3,5,7-12,28H2,1H3,(H,29,36). The molecule has 1 saturated carbocycles. The maximum Gasteiger partial charge on any atom is 0.393 e. The zero-order valence-corrected chi connectivity index (χ0v) is 20.4. The van der Waals surface area contributed by atoms with Crippen LogP contribution in [0.3, 0.4) is 0 Å². The highest BCUT2D eigenvalue weighted by atomic mass is 19.4. The van der Waals surface area contributed by atoms with Crippen LogP contribution in [0.15, 0.2) is 18.2 Å². The first-order valence-electron chi connectivity index (χ1n) is 12.5. The van der Waals surface area contributed by atoms with Gasteiger partial charge in [-0.1, -0.05) is 11.3 Å². The quantitative estimate of drug-likeness (QED) is 0.559. The Bertz CT molecular complexity index is 1210. The molecule has 0 spiro atoms. The molecular formula is C24H30F3N7O3. The Labute approximate surface area is 211 Å². The van der Waals surface area contributed by atoms with Crippen molar-refractivity contribution >= 4 is 28.8 Å². The third-order valence-corrected chi connectivity index (χ3v) is 7.81. The molecule has 5 rings (SSSR count). The minimum absolute atomic E-state index is 0.0170. The molecule has 3 fully saturated rings. The first kappa shape index (κ1) is 25.4. The number of carbonyl (C=O) groups is 3. The van der Waals surface area contributed by atoms with Gasteiger partial charge in [-0.05, 0) is 48.8 Å². The number of aryl methyl sites for hydroxylation is 1. The lowest BCUT2D eigenvalue weighted by Crippen LogP contribution is -2.51. The van der Waals surface area contributed by atoms with E-state index in [1.165, 1.54) is 0 Å². The summed E-state index contributed by atoms with van der Waals surface area (Å²) in [5.41, 5.74) is 8.14. The van der Waals surface area contributed by atoms with E-state index < -0.39 is 49.0 Å². The van der Waals surface area contributed by atoms with Gasteiger partial charge in [0, 0.05) is 39.6 Å². The van der Waals surface area contributed by atoms with Gasteiger partial charge >= 0.3 is 6.18 Å². The van der Waals surface area contributed by atoms with Gasteiger partial charge in [0.2, 0.25) is 17.7 Å². The van der Waals surface area contributed by atoms with Gasteiger partial charge in [0.05, 0.1) is 17.5 Å². The topological polar surface area (TPSA) is 126 Å². The van der Waals surface area contributed by atoms with Gasteiger partial charge in [-0.15, -0.1) is 5.10 Å². The molecule has 13 heteroatoms. The lowest BCUT2D eigenvalue weighted by molar-refractivity contribution is -0.171. The second-order valence-electron chi connectivity index (χ2n) is 10.4. The minimum Gasteiger partial charge on any atom is -0.350 e. The number of rotatable bonds is 7. The van der Waals surface area contributed by atoms with Crippen LogP contribution in [0.25, 0.3) is 11.0 Å². The normalized spacial score (nSPS) is 25.9. The number of fused-ring (bicyclic) bond motifs is 2. The van der Waals surface area contributed by atoms with E-state index >= 15 is 0 Å². The van der Waals surface area contributed by atoms with E-state index in [4.69, 9.17) is 5.73 Å². The largest absolute Gasteiger partial charge is 0.393 e. The van der Waals surface area contributed by atoms with Crippen LogP contribution in [-0.4, -0.2) is 80.4 Å². The van der Waals surface area contributed by atoms with Crippen molar-refractivity contribution in [1.82, 2.24) is 30.1 Å². The predicted octanol–water partition coefficient (Wildman–Crippen LogP) is 0.950. The van der Waals surface area contributed by atoms with Crippen molar-refractivity contribution in [1.29, 1.82) is 0 Å². The van der Waals surface area contributed by atoms with Gasteiger partial charge in [-0.3, -0.25) is 14.4 Å². The number of nitrogens with two attached hydrogens (primary N) is 1. The van der Waals surface area contributed by atoms with Crippen LogP contribution in [0.4, 0.5) is 13.2 Å². The number of nitrogens with zero attached hydrogens (tertiary/aromatic N) is 5. The molecule has 3 N–H and O–H groups in total. The number of hydrogen-bond acceptors (Lipinski definition) is 6. The molecule has 3 aliphatic rings. The lowest BCUT2D eigenvalue weighted by Gasteiger charge is -2.27. The molecule has 200 valence electrons. The summed E-state index contributed by atoms with van der Waals surface area (Å²) < 4.78 is 42.2. The summed E-state index contributed by atoms with van der Waals surface area (Å²) in [6.07, 6.45) is -3.88. The fourth-order valence-corrected chi connectivity index (χ4v) is 5.44. The molecule has 0 bridgehead atoms. The Balaban J connectivity index is 1.21. The first-order valence-corrected chi connectivity index (χ1v) is 12.5. The van der Waals surface area contributed by atoms with Gasteiger partial charge in [0.1, 0.15) is 11.6 Å². The summed E-state index contributed by atoms with van der Waals surface area (Å²) in [4.78, 5) is 41.2. The van der Waals surface area contributed by atoms with E-state index in [0.29, 0.717) is 22.9 Å². The number of benzene rings is 1. The second kappa shape index (κ2) is 9.58. The molecule has 5 unspecified atom stereocenters. The molecule has 2 aliphatic heterocycles. The predicted molar refractivity (Wildman–Crippen MR) is 125 cm³/mol. The van der Waals surface area contributed by atoms with Crippen molar-refractivity contribution < 1.29 is 27.6 Å². The zero-order valence-electron chi connectivity index (χ0n) is 20.4. The van der Waals surface area contributed by atoms with Gasteiger partial charge in [0.25, 0.3) is 0 Å². The number of aromatic nitrogens is 3. The fraction of sp³-hybridized carbons (Fsp3) is 0.625. The third-order valence-electron chi connectivity index (χ3n) is 7.81. The van der Waals surface area contributed by atoms with Crippen molar-refractivity contribution in [2.45, 2.75) is 50.5 Å². The van der Waals surface area contributed by atoms with Crippen LogP contribution in [0, 0.1) is 17.8 Å². The SMILES string of the molecule is Cn1nnc2cc(CNC(=O)C3CC(C(F)(F)F)CN3C(=O)C(N)CCC(=O)N3CC4CC4C3)ccc21. The van der Waals surface area contributed by atoms with Gasteiger partial charge in [-0.25, -0.2) is 4.68 Å². The third kappa shape index (κ3) is 5.27. The van der Waals surface area contributed by atoms with E-state index in [1.807, 2.05) is 0 Å². The first-order chi connectivity index (χ1) is 17.5. The Kier molecular flexibility index (Phi) is 6.59. The second-order valence-corrected chi connectivity index (χ2v) is 10.4. The Morgan fingerprint density at radius 3 is 2.59 bits per heavy atom. The smallest absolute Gasteiger partial charge is 0.350 e. The fourth-order valence-electron chi connectivity index (χ4n) is 5.44. The molecule has 37 heavy (non-hydrogen) atoms. The number of likely N-dealkylation sites (tertiary alicyclic amines) is 2. The molecule has 1 aliphatic carbocycles. The summed E-state index contributed by atoms with van der Waals surface area (Å²) in [7, 11) is 1.74. The highest BCUT2D eigenvalue weighted by Gasteiger charge is 2.51. The summed E-state index contributed by atoms with van der Waals surface area (Å²) in [5.74, 6) is -2.20. The number of halogens is 3. The average molecular weight is 522 g/mol. The molecule has 2 aromatic rings. The van der Waals surface area contributed by atoms with E-state index in [2.05, 4.69) is 15.6 Å². The van der Waals surface area contributed by atoms with Crippen LogP contribution in [0.1, 0.15) is 31.2 Å². The molecule has 10 nitrogen and oxygen atoms in total. The van der Waals surface area contributed by atoms with Crippen LogP contribution in [0.5, 0.6) is 0 Å². The summed E-state index contributed by atoms with van der Waals surface area (Å²) in [6.45, 7) is 0.859. The number of carbonyl (C=O) groups excluding carboxylic acids is 3. The summed E-state index contributed by atoms with van der Waals surface area (Å²) in [6, 6.07) is 2.82. The van der Waals surface area contributed by atoms with Crippen molar-refractivity contribution in [2.24, 2.45) is 30.5 Å². The van der Waals surface area contributed by atoms with Gasteiger partial charge in [-0.2, -0.15) is 13.2 Å². The Morgan fingerprint density at radius 1 is 1.16 bits per heavy atom. The Morgan fingerprint density at radius 2 is 1.89 bits per heavy atom. The van der Waals surface area contributed by atoms with Crippen LogP contribution < -0.4 is 11.1 Å². The highest BCUT2D eigenvalue weighted by molar-refractivity contribution is 5.91. The molecule has 2 saturated heterocycles. The van der Waals surface area contributed by atoms with Crippen molar-refractivity contribution in [2.75, 3.05) is 19.6 Å². The maximum atomic E-state index is 13.5. The van der Waals surface area contributed by atoms with Crippen molar-refractivity contribution in [3.05, 3.63) is 23.8 Å². The van der Waals surface area contributed by atoms with Crippen molar-refractivity contribution in [3.63, 3.8) is 0 Å². The molecular weight excluding hydrogens is 491 g/mol. The lowest BCUT2D eigenvalue weighted by atomic mass is 10.0. The molecule has 0 radical (unpaired) electrons. The van der Waals surface area contributed by atoms with E-state index in [-0.39, 0.29) is 25.3 Å². The summed E-state index contributed by atoms with van der Waals surface area (Å²) in [5, 5.41) is 10.6. The van der Waals surface area contributed by atoms with Crippen LogP contribution >= 0.6 is 0 Å². The number of nitrogens with one attached hydrogen (secondary N) is 1. The molecule has 1 aromatic carbocycles. The zero-order chi connectivity index (χ0) is 26.5. The van der Waals surface area contributed by atoms with Gasteiger partial charge < -0.3 is 20.9 Å². The summed E-state index contributed by atoms with van der Waals surface area (Å²) >= 11 is 0. The van der Waals surface area contributed by atoms with E-state index in [0.717, 1.165) is 29.9 Å². The minimum atomic E-state index is -4.55. The maximum absolute atomic E-state index is 13.5. The number of alkyl halides is 3. The molecule has 3 amide bonds. The molecule has 5 atom stereocenters. The molecule has 3 heterocycles. The van der Waals surface area contributed by atoms with Crippen molar-refractivity contribution in [3.8, 4) is 0 Å². The average Bonchev–Trinajstić information content (AvgIpc) is 3.22. The van der Waals surface area contributed by atoms with E-state index in [1.54, 1.807) is 34.8 Å². The highest BCUT2D eigenvalue weighted by Crippen LogP contribution is 2.45. The number of piperidine rings is 1. The number of amides is 3. The van der Waals surface area contributed by atoms with E-state index in [9.17, 15) is 27.6 Å². The van der Waals surface area contributed by atoms with Crippen LogP contribution in [0.2, 0.25) is 0 Å².